The first-order chi connectivity index (χ1) is 7.20. The molecule has 0 aliphatic heterocycles. The molecule has 0 aliphatic rings. The largest absolute Gasteiger partial charge is 0.205 e. The lowest BCUT2D eigenvalue weighted by Gasteiger charge is -2.05. The second kappa shape index (κ2) is 4.33. The number of benzene rings is 2. The van der Waals surface area contributed by atoms with Gasteiger partial charge in [-0.1, -0.05) is 41.9 Å². The van der Waals surface area contributed by atoms with Crippen molar-refractivity contribution >= 4 is 27.5 Å². The highest BCUT2D eigenvalue weighted by Crippen LogP contribution is 2.32. The van der Waals surface area contributed by atoms with Crippen molar-refractivity contribution in [3.8, 4) is 11.1 Å². The molecule has 0 spiro atoms. The highest BCUT2D eigenvalue weighted by molar-refractivity contribution is 9.10. The van der Waals surface area contributed by atoms with Gasteiger partial charge in [0, 0.05) is 5.56 Å². The Morgan fingerprint density at radius 2 is 1.67 bits per heavy atom. The Morgan fingerprint density at radius 1 is 1.00 bits per heavy atom. The fraction of sp³-hybridized carbons (Fsp3) is 0. The van der Waals surface area contributed by atoms with Gasteiger partial charge in [0.25, 0.3) is 0 Å². The fourth-order valence-electron chi connectivity index (χ4n) is 1.37. The standard InChI is InChI=1S/C12H7BrClF/c13-11-10(14)7-6-9(12(11)15)8-4-2-1-3-5-8/h1-7H. The second-order valence-corrected chi connectivity index (χ2v) is 4.29. The lowest BCUT2D eigenvalue weighted by atomic mass is 10.1. The Labute approximate surface area is 101 Å². The predicted molar refractivity (Wildman–Crippen MR) is 64.5 cm³/mol. The van der Waals surface area contributed by atoms with Crippen LogP contribution in [0.5, 0.6) is 0 Å². The summed E-state index contributed by atoms with van der Waals surface area (Å²) >= 11 is 8.91. The monoisotopic (exact) mass is 284 g/mol. The molecule has 0 saturated carbocycles. The van der Waals surface area contributed by atoms with Gasteiger partial charge in [-0.3, -0.25) is 0 Å². The third kappa shape index (κ3) is 2.06. The summed E-state index contributed by atoms with van der Waals surface area (Å²) in [4.78, 5) is 0. The zero-order chi connectivity index (χ0) is 10.8. The van der Waals surface area contributed by atoms with E-state index in [1.807, 2.05) is 30.3 Å². The van der Waals surface area contributed by atoms with Crippen molar-refractivity contribution in [2.75, 3.05) is 0 Å². The van der Waals surface area contributed by atoms with Crippen molar-refractivity contribution in [1.29, 1.82) is 0 Å². The highest BCUT2D eigenvalue weighted by atomic mass is 79.9. The lowest BCUT2D eigenvalue weighted by Crippen LogP contribution is -1.86. The minimum atomic E-state index is -0.325. The fourth-order valence-corrected chi connectivity index (χ4v) is 1.86. The molecule has 2 rings (SSSR count). The topological polar surface area (TPSA) is 0 Å². The van der Waals surface area contributed by atoms with Crippen LogP contribution in [-0.4, -0.2) is 0 Å². The smallest absolute Gasteiger partial charge is 0.146 e. The molecule has 2 aromatic rings. The van der Waals surface area contributed by atoms with Crippen molar-refractivity contribution in [2.24, 2.45) is 0 Å². The summed E-state index contributed by atoms with van der Waals surface area (Å²) in [7, 11) is 0. The zero-order valence-corrected chi connectivity index (χ0v) is 10.0. The number of rotatable bonds is 1. The van der Waals surface area contributed by atoms with E-state index in [-0.39, 0.29) is 5.82 Å². The molecule has 0 aliphatic carbocycles. The summed E-state index contributed by atoms with van der Waals surface area (Å²) in [6, 6.07) is 12.7. The van der Waals surface area contributed by atoms with Gasteiger partial charge in [0.1, 0.15) is 5.82 Å². The average molecular weight is 286 g/mol. The summed E-state index contributed by atoms with van der Waals surface area (Å²) < 4.78 is 14.1. The molecule has 0 N–H and O–H groups in total. The lowest BCUT2D eigenvalue weighted by molar-refractivity contribution is 0.625. The highest BCUT2D eigenvalue weighted by Gasteiger charge is 2.10. The Morgan fingerprint density at radius 3 is 2.33 bits per heavy atom. The molecule has 0 nitrogen and oxygen atoms in total. The molecule has 0 radical (unpaired) electrons. The van der Waals surface area contributed by atoms with Crippen molar-refractivity contribution in [2.45, 2.75) is 0 Å². The van der Waals surface area contributed by atoms with E-state index in [0.717, 1.165) is 5.56 Å². The molecule has 0 saturated heterocycles. The van der Waals surface area contributed by atoms with E-state index in [0.29, 0.717) is 15.1 Å². The number of halogens is 3. The summed E-state index contributed by atoms with van der Waals surface area (Å²) in [6.45, 7) is 0. The maximum atomic E-state index is 13.8. The Bertz CT molecular complexity index is 482. The van der Waals surface area contributed by atoms with Gasteiger partial charge in [0.15, 0.2) is 0 Å². The molecule has 15 heavy (non-hydrogen) atoms. The molecule has 2 aromatic carbocycles. The van der Waals surface area contributed by atoms with Gasteiger partial charge >= 0.3 is 0 Å². The van der Waals surface area contributed by atoms with E-state index in [9.17, 15) is 4.39 Å². The molecular weight excluding hydrogens is 278 g/mol. The van der Waals surface area contributed by atoms with Crippen LogP contribution in [0.15, 0.2) is 46.9 Å². The molecule has 0 bridgehead atoms. The predicted octanol–water partition coefficient (Wildman–Crippen LogP) is 4.91. The van der Waals surface area contributed by atoms with Gasteiger partial charge < -0.3 is 0 Å². The van der Waals surface area contributed by atoms with Crippen LogP contribution in [0, 0.1) is 5.82 Å². The van der Waals surface area contributed by atoms with Crippen molar-refractivity contribution in [1.82, 2.24) is 0 Å². The maximum absolute atomic E-state index is 13.8. The van der Waals surface area contributed by atoms with Crippen LogP contribution in [0.25, 0.3) is 11.1 Å². The average Bonchev–Trinajstić information content (AvgIpc) is 2.27. The van der Waals surface area contributed by atoms with E-state index in [2.05, 4.69) is 15.9 Å². The molecule has 3 heteroatoms. The zero-order valence-electron chi connectivity index (χ0n) is 7.68. The van der Waals surface area contributed by atoms with E-state index in [4.69, 9.17) is 11.6 Å². The third-order valence-corrected chi connectivity index (χ3v) is 3.44. The SMILES string of the molecule is Fc1c(-c2ccccc2)ccc(Cl)c1Br. The second-order valence-electron chi connectivity index (χ2n) is 3.09. The number of hydrogen-bond acceptors (Lipinski definition) is 0. The van der Waals surface area contributed by atoms with Gasteiger partial charge in [-0.05, 0) is 33.6 Å². The van der Waals surface area contributed by atoms with E-state index < -0.39 is 0 Å². The third-order valence-electron chi connectivity index (χ3n) is 2.12. The molecule has 0 fully saturated rings. The first kappa shape index (κ1) is 10.7. The van der Waals surface area contributed by atoms with Crippen molar-refractivity contribution < 1.29 is 4.39 Å². The summed E-state index contributed by atoms with van der Waals surface area (Å²) in [5, 5.41) is 0.382. The summed E-state index contributed by atoms with van der Waals surface area (Å²) in [5.74, 6) is -0.325. The minimum absolute atomic E-state index is 0.311. The van der Waals surface area contributed by atoms with Crippen LogP contribution in [-0.2, 0) is 0 Å². The molecule has 0 atom stereocenters. The summed E-state index contributed by atoms with van der Waals surface area (Å²) in [5.41, 5.74) is 1.39. The quantitative estimate of drug-likeness (QED) is 0.653. The van der Waals surface area contributed by atoms with E-state index in [1.165, 1.54) is 0 Å². The Kier molecular flexibility index (Phi) is 3.08. The first-order valence-electron chi connectivity index (χ1n) is 4.39. The van der Waals surface area contributed by atoms with E-state index in [1.54, 1.807) is 12.1 Å². The Hall–Kier alpha value is -0.860. The van der Waals surface area contributed by atoms with E-state index >= 15 is 0 Å². The van der Waals surface area contributed by atoms with Crippen LogP contribution >= 0.6 is 27.5 Å². The molecule has 76 valence electrons. The van der Waals surface area contributed by atoms with Crippen LogP contribution in [0.2, 0.25) is 5.02 Å². The molecule has 0 heterocycles. The van der Waals surface area contributed by atoms with Crippen molar-refractivity contribution in [3.63, 3.8) is 0 Å². The molecular formula is C12H7BrClF. The van der Waals surface area contributed by atoms with Gasteiger partial charge in [0.2, 0.25) is 0 Å². The van der Waals surface area contributed by atoms with Crippen molar-refractivity contribution in [3.05, 3.63) is 57.8 Å². The van der Waals surface area contributed by atoms with Crippen LogP contribution in [0.4, 0.5) is 4.39 Å². The van der Waals surface area contributed by atoms with Gasteiger partial charge in [0.05, 0.1) is 9.50 Å². The Balaban J connectivity index is 2.60. The number of hydrogen-bond donors (Lipinski definition) is 0. The molecule has 0 aromatic heterocycles. The molecule has 0 amide bonds. The maximum Gasteiger partial charge on any atom is 0.146 e. The molecule has 0 unspecified atom stereocenters. The normalized spacial score (nSPS) is 10.3. The van der Waals surface area contributed by atoms with Crippen LogP contribution in [0.3, 0.4) is 0 Å². The van der Waals surface area contributed by atoms with Gasteiger partial charge in [-0.15, -0.1) is 0 Å². The van der Waals surface area contributed by atoms with Crippen LogP contribution in [0.1, 0.15) is 0 Å². The summed E-state index contributed by atoms with van der Waals surface area (Å²) in [6.07, 6.45) is 0. The first-order valence-corrected chi connectivity index (χ1v) is 5.56. The minimum Gasteiger partial charge on any atom is -0.205 e. The van der Waals surface area contributed by atoms with Gasteiger partial charge in [-0.25, -0.2) is 4.39 Å². The van der Waals surface area contributed by atoms with Crippen LogP contribution < -0.4 is 0 Å². The van der Waals surface area contributed by atoms with Gasteiger partial charge in [-0.2, -0.15) is 0 Å².